The maximum atomic E-state index is 12.7. The van der Waals surface area contributed by atoms with Crippen LogP contribution in [0.5, 0.6) is 0 Å². The van der Waals surface area contributed by atoms with Gasteiger partial charge in [0.15, 0.2) is 0 Å². The van der Waals surface area contributed by atoms with Crippen LogP contribution in [0.15, 0.2) is 23.1 Å². The number of fused-ring (bicyclic) bond motifs is 1. The zero-order valence-electron chi connectivity index (χ0n) is 15.7. The molecular formula is C19H28N2O4S. The van der Waals surface area contributed by atoms with Gasteiger partial charge in [0.2, 0.25) is 10.0 Å². The summed E-state index contributed by atoms with van der Waals surface area (Å²) in [6.07, 6.45) is 3.92. The van der Waals surface area contributed by atoms with Gasteiger partial charge in [0.1, 0.15) is 5.60 Å². The fourth-order valence-corrected chi connectivity index (χ4v) is 4.86. The minimum Gasteiger partial charge on any atom is -0.444 e. The molecule has 0 atom stereocenters. The van der Waals surface area contributed by atoms with Gasteiger partial charge in [-0.25, -0.2) is 17.9 Å². The summed E-state index contributed by atoms with van der Waals surface area (Å²) in [4.78, 5) is 14.1. The van der Waals surface area contributed by atoms with E-state index in [9.17, 15) is 13.2 Å². The summed E-state index contributed by atoms with van der Waals surface area (Å²) >= 11 is 0. The Morgan fingerprint density at radius 2 is 1.81 bits per heavy atom. The number of nitrogens with zero attached hydrogens (tertiary/aromatic N) is 1. The van der Waals surface area contributed by atoms with Crippen molar-refractivity contribution >= 4 is 16.1 Å². The first-order chi connectivity index (χ1) is 12.1. The van der Waals surface area contributed by atoms with Crippen molar-refractivity contribution < 1.29 is 17.9 Å². The van der Waals surface area contributed by atoms with E-state index in [1.807, 2.05) is 26.8 Å². The van der Waals surface area contributed by atoms with Gasteiger partial charge in [0, 0.05) is 19.1 Å². The van der Waals surface area contributed by atoms with Crippen molar-refractivity contribution in [2.45, 2.75) is 69.4 Å². The van der Waals surface area contributed by atoms with Gasteiger partial charge in [0.25, 0.3) is 0 Å². The van der Waals surface area contributed by atoms with Crippen LogP contribution in [-0.4, -0.2) is 44.1 Å². The molecule has 3 rings (SSSR count). The molecule has 0 bridgehead atoms. The SMILES string of the molecule is CC(C)(C)OC(=O)N1CCC(NS(=O)(=O)c2ccc3c(c2)CCC3)CC1. The van der Waals surface area contributed by atoms with Gasteiger partial charge >= 0.3 is 6.09 Å². The summed E-state index contributed by atoms with van der Waals surface area (Å²) in [6.45, 7) is 6.49. The fourth-order valence-electron chi connectivity index (χ4n) is 3.51. The second-order valence-electron chi connectivity index (χ2n) is 8.15. The third-order valence-electron chi connectivity index (χ3n) is 4.85. The summed E-state index contributed by atoms with van der Waals surface area (Å²) < 4.78 is 33.6. The zero-order valence-corrected chi connectivity index (χ0v) is 16.6. The van der Waals surface area contributed by atoms with E-state index in [4.69, 9.17) is 4.74 Å². The van der Waals surface area contributed by atoms with E-state index >= 15 is 0 Å². The van der Waals surface area contributed by atoms with Gasteiger partial charge in [-0.15, -0.1) is 0 Å². The van der Waals surface area contributed by atoms with Crippen LogP contribution in [0.1, 0.15) is 51.2 Å². The molecule has 1 fully saturated rings. The van der Waals surface area contributed by atoms with Crippen molar-refractivity contribution in [3.05, 3.63) is 29.3 Å². The summed E-state index contributed by atoms with van der Waals surface area (Å²) in [5.41, 5.74) is 1.88. The highest BCUT2D eigenvalue weighted by molar-refractivity contribution is 7.89. The van der Waals surface area contributed by atoms with Crippen LogP contribution in [0.2, 0.25) is 0 Å². The lowest BCUT2D eigenvalue weighted by Crippen LogP contribution is -2.47. The molecule has 1 aromatic rings. The number of benzene rings is 1. The molecule has 1 saturated heterocycles. The number of sulfonamides is 1. The molecule has 7 heteroatoms. The first kappa shape index (κ1) is 19.2. The number of likely N-dealkylation sites (tertiary alicyclic amines) is 1. The normalized spacial score (nSPS) is 18.7. The van der Waals surface area contributed by atoms with Crippen molar-refractivity contribution in [1.82, 2.24) is 9.62 Å². The summed E-state index contributed by atoms with van der Waals surface area (Å²) in [6, 6.07) is 5.28. The van der Waals surface area contributed by atoms with E-state index in [1.165, 1.54) is 5.56 Å². The van der Waals surface area contributed by atoms with Crippen LogP contribution in [0.3, 0.4) is 0 Å². The van der Waals surface area contributed by atoms with Crippen molar-refractivity contribution in [3.8, 4) is 0 Å². The monoisotopic (exact) mass is 380 g/mol. The number of hydrogen-bond donors (Lipinski definition) is 1. The molecule has 1 aliphatic carbocycles. The van der Waals surface area contributed by atoms with Crippen molar-refractivity contribution in [3.63, 3.8) is 0 Å². The summed E-state index contributed by atoms with van der Waals surface area (Å²) in [7, 11) is -3.53. The molecule has 0 unspecified atom stereocenters. The maximum Gasteiger partial charge on any atom is 0.410 e. The molecule has 1 aliphatic heterocycles. The predicted octanol–water partition coefficient (Wildman–Crippen LogP) is 2.85. The average molecular weight is 381 g/mol. The molecule has 0 saturated carbocycles. The Bertz CT molecular complexity index is 775. The Kier molecular flexibility index (Phi) is 5.30. The predicted molar refractivity (Wildman–Crippen MR) is 99.6 cm³/mol. The number of aryl methyl sites for hydroxylation is 2. The standard InChI is InChI=1S/C19H28N2O4S/c1-19(2,3)25-18(22)21-11-9-16(10-12-21)20-26(23,24)17-8-7-14-5-4-6-15(14)13-17/h7-8,13,16,20H,4-6,9-12H2,1-3H3. The molecule has 144 valence electrons. The summed E-state index contributed by atoms with van der Waals surface area (Å²) in [5, 5.41) is 0. The van der Waals surface area contributed by atoms with E-state index < -0.39 is 15.6 Å². The van der Waals surface area contributed by atoms with E-state index in [1.54, 1.807) is 17.0 Å². The molecular weight excluding hydrogens is 352 g/mol. The number of piperidine rings is 1. The van der Waals surface area contributed by atoms with Crippen LogP contribution >= 0.6 is 0 Å². The third kappa shape index (κ3) is 4.57. The molecule has 0 aromatic heterocycles. The Morgan fingerprint density at radius 3 is 2.46 bits per heavy atom. The lowest BCUT2D eigenvalue weighted by atomic mass is 10.1. The Labute approximate surface area is 156 Å². The molecule has 2 aliphatic rings. The smallest absolute Gasteiger partial charge is 0.410 e. The third-order valence-corrected chi connectivity index (χ3v) is 6.37. The van der Waals surface area contributed by atoms with E-state index in [0.717, 1.165) is 24.8 Å². The molecule has 1 amide bonds. The number of nitrogens with one attached hydrogen (secondary N) is 1. The zero-order chi connectivity index (χ0) is 18.9. The highest BCUT2D eigenvalue weighted by Crippen LogP contribution is 2.25. The van der Waals surface area contributed by atoms with Crippen LogP contribution < -0.4 is 4.72 Å². The van der Waals surface area contributed by atoms with Gasteiger partial charge < -0.3 is 9.64 Å². The second-order valence-corrected chi connectivity index (χ2v) is 9.86. The van der Waals surface area contributed by atoms with Gasteiger partial charge in [-0.3, -0.25) is 0 Å². The lowest BCUT2D eigenvalue weighted by molar-refractivity contribution is 0.0203. The highest BCUT2D eigenvalue weighted by Gasteiger charge is 2.29. The Morgan fingerprint density at radius 1 is 1.15 bits per heavy atom. The van der Waals surface area contributed by atoms with Gasteiger partial charge in [-0.1, -0.05) is 6.07 Å². The molecule has 1 N–H and O–H groups in total. The minimum atomic E-state index is -3.53. The topological polar surface area (TPSA) is 75.7 Å². The van der Waals surface area contributed by atoms with E-state index in [2.05, 4.69) is 4.72 Å². The molecule has 0 radical (unpaired) electrons. The van der Waals surface area contributed by atoms with Gasteiger partial charge in [0.05, 0.1) is 4.90 Å². The van der Waals surface area contributed by atoms with Crippen LogP contribution in [0.25, 0.3) is 0 Å². The second kappa shape index (κ2) is 7.19. The van der Waals surface area contributed by atoms with Crippen molar-refractivity contribution in [1.29, 1.82) is 0 Å². The number of amides is 1. The molecule has 1 heterocycles. The lowest BCUT2D eigenvalue weighted by Gasteiger charge is -2.33. The van der Waals surface area contributed by atoms with E-state index in [-0.39, 0.29) is 12.1 Å². The number of ether oxygens (including phenoxy) is 1. The Hall–Kier alpha value is -1.60. The highest BCUT2D eigenvalue weighted by atomic mass is 32.2. The quantitative estimate of drug-likeness (QED) is 0.875. The van der Waals surface area contributed by atoms with Gasteiger partial charge in [-0.05, 0) is 76.1 Å². The van der Waals surface area contributed by atoms with Crippen molar-refractivity contribution in [2.75, 3.05) is 13.1 Å². The molecule has 26 heavy (non-hydrogen) atoms. The largest absolute Gasteiger partial charge is 0.444 e. The van der Waals surface area contributed by atoms with Crippen LogP contribution in [-0.2, 0) is 27.6 Å². The molecule has 0 spiro atoms. The van der Waals surface area contributed by atoms with Gasteiger partial charge in [-0.2, -0.15) is 0 Å². The van der Waals surface area contributed by atoms with Crippen LogP contribution in [0, 0.1) is 0 Å². The first-order valence-electron chi connectivity index (χ1n) is 9.26. The molecule has 1 aromatic carbocycles. The Balaban J connectivity index is 1.58. The summed E-state index contributed by atoms with van der Waals surface area (Å²) in [5.74, 6) is 0. The maximum absolute atomic E-state index is 12.7. The van der Waals surface area contributed by atoms with Crippen LogP contribution in [0.4, 0.5) is 4.79 Å². The van der Waals surface area contributed by atoms with Crippen molar-refractivity contribution in [2.24, 2.45) is 0 Å². The number of carbonyl (C=O) groups is 1. The average Bonchev–Trinajstić information content (AvgIpc) is 3.01. The number of carbonyl (C=O) groups excluding carboxylic acids is 1. The fraction of sp³-hybridized carbons (Fsp3) is 0.632. The first-order valence-corrected chi connectivity index (χ1v) is 10.7. The number of rotatable bonds is 3. The van der Waals surface area contributed by atoms with E-state index in [0.29, 0.717) is 30.8 Å². The number of hydrogen-bond acceptors (Lipinski definition) is 4. The minimum absolute atomic E-state index is 0.160. The molecule has 6 nitrogen and oxygen atoms in total.